The molecule has 0 saturated carbocycles. The first-order valence-corrected chi connectivity index (χ1v) is 5.13. The highest BCUT2D eigenvalue weighted by molar-refractivity contribution is 6.30. The maximum Gasteiger partial charge on any atom is 0.0559 e. The zero-order valence-corrected chi connectivity index (χ0v) is 8.97. The molecule has 0 bridgehead atoms. The van der Waals surface area contributed by atoms with Crippen molar-refractivity contribution in [2.45, 2.75) is 6.92 Å². The summed E-state index contributed by atoms with van der Waals surface area (Å²) in [5.41, 5.74) is 1.37. The zero-order chi connectivity index (χ0) is 10.0. The Morgan fingerprint density at radius 2 is 2.29 bits per heavy atom. The fourth-order valence-electron chi connectivity index (χ4n) is 1.47. The van der Waals surface area contributed by atoms with E-state index in [0.717, 1.165) is 30.5 Å². The molecule has 3 heteroatoms. The van der Waals surface area contributed by atoms with Gasteiger partial charge in [0.2, 0.25) is 0 Å². The molecule has 0 radical (unpaired) electrons. The molecule has 0 atom stereocenters. The SMILES string of the molecule is CC1(CNc2cccc(Cl)c2)COC1. The van der Waals surface area contributed by atoms with Crippen molar-refractivity contribution < 1.29 is 4.74 Å². The van der Waals surface area contributed by atoms with E-state index in [9.17, 15) is 0 Å². The molecule has 1 heterocycles. The second-order valence-electron chi connectivity index (χ2n) is 4.17. The standard InChI is InChI=1S/C11H14ClNO/c1-11(7-14-8-11)6-13-10-4-2-3-9(12)5-10/h2-5,13H,6-8H2,1H3. The summed E-state index contributed by atoms with van der Waals surface area (Å²) in [7, 11) is 0. The van der Waals surface area contributed by atoms with Crippen LogP contribution in [0.4, 0.5) is 5.69 Å². The number of anilines is 1. The van der Waals surface area contributed by atoms with Gasteiger partial charge in [0.1, 0.15) is 0 Å². The second kappa shape index (κ2) is 3.79. The van der Waals surface area contributed by atoms with Gasteiger partial charge in [0.05, 0.1) is 13.2 Å². The summed E-state index contributed by atoms with van der Waals surface area (Å²) in [5, 5.41) is 4.13. The Morgan fingerprint density at radius 3 is 2.86 bits per heavy atom. The number of hydrogen-bond donors (Lipinski definition) is 1. The lowest BCUT2D eigenvalue weighted by atomic mass is 9.89. The smallest absolute Gasteiger partial charge is 0.0559 e. The Kier molecular flexibility index (Phi) is 2.66. The summed E-state index contributed by atoms with van der Waals surface area (Å²) in [4.78, 5) is 0. The number of hydrogen-bond acceptors (Lipinski definition) is 2. The van der Waals surface area contributed by atoms with Crippen LogP contribution in [0.3, 0.4) is 0 Å². The van der Waals surface area contributed by atoms with Crippen molar-refractivity contribution in [3.8, 4) is 0 Å². The second-order valence-corrected chi connectivity index (χ2v) is 4.60. The molecule has 76 valence electrons. The van der Waals surface area contributed by atoms with Crippen LogP contribution in [0.5, 0.6) is 0 Å². The predicted octanol–water partition coefficient (Wildman–Crippen LogP) is 2.79. The molecular formula is C11H14ClNO. The third-order valence-corrected chi connectivity index (χ3v) is 2.68. The Morgan fingerprint density at radius 1 is 1.50 bits per heavy atom. The summed E-state index contributed by atoms with van der Waals surface area (Å²) in [6.45, 7) is 4.85. The van der Waals surface area contributed by atoms with Gasteiger partial charge in [-0.1, -0.05) is 24.6 Å². The maximum atomic E-state index is 5.88. The molecule has 1 saturated heterocycles. The van der Waals surface area contributed by atoms with Crippen LogP contribution in [0.1, 0.15) is 6.92 Å². The van der Waals surface area contributed by atoms with Crippen LogP contribution in [0, 0.1) is 5.41 Å². The first-order chi connectivity index (χ1) is 6.68. The first-order valence-electron chi connectivity index (χ1n) is 4.75. The van der Waals surface area contributed by atoms with Crippen LogP contribution in [-0.4, -0.2) is 19.8 Å². The van der Waals surface area contributed by atoms with E-state index in [1.165, 1.54) is 0 Å². The average Bonchev–Trinajstić information content (AvgIpc) is 2.12. The monoisotopic (exact) mass is 211 g/mol. The lowest BCUT2D eigenvalue weighted by Gasteiger charge is -2.38. The van der Waals surface area contributed by atoms with Gasteiger partial charge in [-0.25, -0.2) is 0 Å². The maximum absolute atomic E-state index is 5.88. The van der Waals surface area contributed by atoms with Crippen molar-refractivity contribution in [1.82, 2.24) is 0 Å². The molecule has 14 heavy (non-hydrogen) atoms. The molecule has 1 aliphatic rings. The molecule has 1 aromatic carbocycles. The molecule has 2 rings (SSSR count). The normalized spacial score (nSPS) is 18.7. The lowest BCUT2D eigenvalue weighted by molar-refractivity contribution is -0.0924. The van der Waals surface area contributed by atoms with Gasteiger partial charge in [-0.3, -0.25) is 0 Å². The van der Waals surface area contributed by atoms with E-state index in [4.69, 9.17) is 16.3 Å². The number of rotatable bonds is 3. The summed E-state index contributed by atoms with van der Waals surface area (Å²) >= 11 is 5.88. The summed E-state index contributed by atoms with van der Waals surface area (Å²) in [5.74, 6) is 0. The van der Waals surface area contributed by atoms with E-state index >= 15 is 0 Å². The van der Waals surface area contributed by atoms with E-state index in [1.54, 1.807) is 0 Å². The molecule has 0 unspecified atom stereocenters. The summed E-state index contributed by atoms with van der Waals surface area (Å²) in [6.07, 6.45) is 0. The van der Waals surface area contributed by atoms with Gasteiger partial charge in [0.15, 0.2) is 0 Å². The van der Waals surface area contributed by atoms with E-state index in [1.807, 2.05) is 24.3 Å². The van der Waals surface area contributed by atoms with Gasteiger partial charge in [0.25, 0.3) is 0 Å². The van der Waals surface area contributed by atoms with Crippen molar-refractivity contribution in [2.24, 2.45) is 5.41 Å². The van der Waals surface area contributed by atoms with Gasteiger partial charge in [-0.15, -0.1) is 0 Å². The molecule has 1 aliphatic heterocycles. The molecular weight excluding hydrogens is 198 g/mol. The molecule has 0 amide bonds. The number of halogens is 1. The Balaban J connectivity index is 1.91. The molecule has 1 fully saturated rings. The van der Waals surface area contributed by atoms with Crippen LogP contribution in [-0.2, 0) is 4.74 Å². The van der Waals surface area contributed by atoms with Crippen molar-refractivity contribution in [3.63, 3.8) is 0 Å². The van der Waals surface area contributed by atoms with Gasteiger partial charge in [0, 0.05) is 22.7 Å². The largest absolute Gasteiger partial charge is 0.384 e. The third-order valence-electron chi connectivity index (χ3n) is 2.44. The summed E-state index contributed by atoms with van der Waals surface area (Å²) < 4.78 is 5.18. The van der Waals surface area contributed by atoms with E-state index in [2.05, 4.69) is 12.2 Å². The summed E-state index contributed by atoms with van der Waals surface area (Å²) in [6, 6.07) is 7.78. The topological polar surface area (TPSA) is 21.3 Å². The minimum absolute atomic E-state index is 0.294. The molecule has 0 aromatic heterocycles. The fourth-order valence-corrected chi connectivity index (χ4v) is 1.66. The van der Waals surface area contributed by atoms with Crippen molar-refractivity contribution in [1.29, 1.82) is 0 Å². The molecule has 1 N–H and O–H groups in total. The van der Waals surface area contributed by atoms with Crippen LogP contribution in [0.25, 0.3) is 0 Å². The number of benzene rings is 1. The zero-order valence-electron chi connectivity index (χ0n) is 8.22. The minimum Gasteiger partial charge on any atom is -0.384 e. The Bertz CT molecular complexity index is 323. The third kappa shape index (κ3) is 2.20. The highest BCUT2D eigenvalue weighted by Gasteiger charge is 2.32. The van der Waals surface area contributed by atoms with E-state index < -0.39 is 0 Å². The van der Waals surface area contributed by atoms with Crippen molar-refractivity contribution in [3.05, 3.63) is 29.3 Å². The van der Waals surface area contributed by atoms with Crippen molar-refractivity contribution in [2.75, 3.05) is 25.1 Å². The van der Waals surface area contributed by atoms with Gasteiger partial charge in [-0.2, -0.15) is 0 Å². The number of ether oxygens (including phenoxy) is 1. The van der Waals surface area contributed by atoms with E-state index in [-0.39, 0.29) is 0 Å². The van der Waals surface area contributed by atoms with Crippen molar-refractivity contribution >= 4 is 17.3 Å². The highest BCUT2D eigenvalue weighted by Crippen LogP contribution is 2.27. The van der Waals surface area contributed by atoms with Gasteiger partial charge >= 0.3 is 0 Å². The van der Waals surface area contributed by atoms with Gasteiger partial charge < -0.3 is 10.1 Å². The predicted molar refractivity (Wildman–Crippen MR) is 58.9 cm³/mol. The Hall–Kier alpha value is -0.730. The average molecular weight is 212 g/mol. The lowest BCUT2D eigenvalue weighted by Crippen LogP contribution is -2.45. The van der Waals surface area contributed by atoms with Gasteiger partial charge in [-0.05, 0) is 18.2 Å². The molecule has 2 nitrogen and oxygen atoms in total. The first kappa shape index (κ1) is 9.81. The van der Waals surface area contributed by atoms with Crippen LogP contribution in [0.15, 0.2) is 24.3 Å². The molecule has 0 aliphatic carbocycles. The highest BCUT2D eigenvalue weighted by atomic mass is 35.5. The fraction of sp³-hybridized carbons (Fsp3) is 0.455. The van der Waals surface area contributed by atoms with Crippen LogP contribution >= 0.6 is 11.6 Å². The quantitative estimate of drug-likeness (QED) is 0.830. The molecule has 1 aromatic rings. The minimum atomic E-state index is 0.294. The molecule has 0 spiro atoms. The van der Waals surface area contributed by atoms with E-state index in [0.29, 0.717) is 5.41 Å². The van der Waals surface area contributed by atoms with Crippen LogP contribution < -0.4 is 5.32 Å². The number of nitrogens with one attached hydrogen (secondary N) is 1. The van der Waals surface area contributed by atoms with Crippen LogP contribution in [0.2, 0.25) is 5.02 Å². The Labute approximate surface area is 89.2 Å².